The molecule has 1 aliphatic heterocycles. The maximum atomic E-state index is 11.6. The standard InChI is InChI=1S/C8H12N4O6/c13-1-4-5(14)6(15)8(17,18-4)11-7(16)12-3-9-2-10-12/h2-6,13-15,17H,1H2,(H,11,16)/t4-,5-,6-,8-/m1/s1. The fourth-order valence-corrected chi connectivity index (χ4v) is 1.58. The van der Waals surface area contributed by atoms with Gasteiger partial charge in [-0.25, -0.2) is 9.78 Å². The fraction of sp³-hybridized carbons (Fsp3) is 0.625. The minimum absolute atomic E-state index is 0.625. The van der Waals surface area contributed by atoms with Gasteiger partial charge in [0.1, 0.15) is 24.9 Å². The van der Waals surface area contributed by atoms with Crippen LogP contribution in [0, 0.1) is 0 Å². The van der Waals surface area contributed by atoms with Crippen molar-refractivity contribution in [2.24, 2.45) is 0 Å². The van der Waals surface area contributed by atoms with Crippen LogP contribution in [0.5, 0.6) is 0 Å². The Morgan fingerprint density at radius 3 is 2.78 bits per heavy atom. The normalized spacial score (nSPS) is 35.7. The first-order valence-corrected chi connectivity index (χ1v) is 5.02. The van der Waals surface area contributed by atoms with E-state index in [0.29, 0.717) is 0 Å². The third-order valence-corrected chi connectivity index (χ3v) is 2.53. The van der Waals surface area contributed by atoms with Gasteiger partial charge in [0.25, 0.3) is 5.91 Å². The van der Waals surface area contributed by atoms with Gasteiger partial charge < -0.3 is 25.2 Å². The van der Waals surface area contributed by atoms with E-state index in [0.717, 1.165) is 17.3 Å². The first-order chi connectivity index (χ1) is 8.48. The van der Waals surface area contributed by atoms with Crippen molar-refractivity contribution in [2.45, 2.75) is 24.2 Å². The lowest BCUT2D eigenvalue weighted by molar-refractivity contribution is -0.242. The number of aromatic nitrogens is 3. The fourth-order valence-electron chi connectivity index (χ4n) is 1.58. The van der Waals surface area contributed by atoms with Crippen LogP contribution in [-0.2, 0) is 4.74 Å². The second kappa shape index (κ2) is 4.59. The largest absolute Gasteiger partial charge is 0.394 e. The average molecular weight is 260 g/mol. The Kier molecular flexibility index (Phi) is 3.28. The summed E-state index contributed by atoms with van der Waals surface area (Å²) < 4.78 is 5.56. The molecular weight excluding hydrogens is 248 g/mol. The molecule has 4 atom stereocenters. The first-order valence-electron chi connectivity index (χ1n) is 5.02. The first kappa shape index (κ1) is 12.9. The number of amides is 1. The second-order valence-corrected chi connectivity index (χ2v) is 3.74. The molecule has 1 amide bonds. The zero-order valence-corrected chi connectivity index (χ0v) is 9.04. The van der Waals surface area contributed by atoms with E-state index in [9.17, 15) is 20.1 Å². The highest BCUT2D eigenvalue weighted by Crippen LogP contribution is 2.26. The van der Waals surface area contributed by atoms with Crippen molar-refractivity contribution in [3.05, 3.63) is 12.7 Å². The van der Waals surface area contributed by atoms with Crippen LogP contribution in [0.15, 0.2) is 12.7 Å². The Bertz CT molecular complexity index is 425. The van der Waals surface area contributed by atoms with Gasteiger partial charge in [-0.1, -0.05) is 0 Å². The highest BCUT2D eigenvalue weighted by Gasteiger charge is 2.54. The predicted octanol–water partition coefficient (Wildman–Crippen LogP) is -3.41. The third kappa shape index (κ3) is 2.07. The second-order valence-electron chi connectivity index (χ2n) is 3.74. The number of hydrogen-bond acceptors (Lipinski definition) is 8. The van der Waals surface area contributed by atoms with Crippen LogP contribution in [0.4, 0.5) is 4.79 Å². The van der Waals surface area contributed by atoms with Crippen molar-refractivity contribution in [2.75, 3.05) is 6.61 Å². The van der Waals surface area contributed by atoms with Crippen molar-refractivity contribution in [3.63, 3.8) is 0 Å². The van der Waals surface area contributed by atoms with Crippen LogP contribution in [0.3, 0.4) is 0 Å². The third-order valence-electron chi connectivity index (χ3n) is 2.53. The van der Waals surface area contributed by atoms with E-state index in [-0.39, 0.29) is 0 Å². The predicted molar refractivity (Wildman–Crippen MR) is 52.9 cm³/mol. The van der Waals surface area contributed by atoms with Crippen molar-refractivity contribution < 1.29 is 30.0 Å². The Balaban J connectivity index is 2.11. The quantitative estimate of drug-likeness (QED) is 0.345. The SMILES string of the molecule is O=C(N[C@]1(O)O[C@H](CO)[C@@H](O)[C@H]1O)n1cncn1. The van der Waals surface area contributed by atoms with E-state index >= 15 is 0 Å². The Hall–Kier alpha value is -1.59. The molecule has 2 rings (SSSR count). The van der Waals surface area contributed by atoms with Gasteiger partial charge in [0.15, 0.2) is 6.10 Å². The highest BCUT2D eigenvalue weighted by molar-refractivity contribution is 5.75. The monoisotopic (exact) mass is 260 g/mol. The number of nitrogens with zero attached hydrogens (tertiary/aromatic N) is 3. The molecule has 1 aromatic rings. The van der Waals surface area contributed by atoms with E-state index in [1.165, 1.54) is 0 Å². The molecule has 1 saturated heterocycles. The summed E-state index contributed by atoms with van der Waals surface area (Å²) in [4.78, 5) is 15.1. The van der Waals surface area contributed by atoms with E-state index in [1.54, 1.807) is 0 Å². The zero-order valence-electron chi connectivity index (χ0n) is 9.04. The molecule has 1 fully saturated rings. The van der Waals surface area contributed by atoms with Crippen LogP contribution in [0.2, 0.25) is 0 Å². The number of rotatable bonds is 2. The summed E-state index contributed by atoms with van der Waals surface area (Å²) in [5, 5.41) is 43.2. The number of hydrogen-bond donors (Lipinski definition) is 5. The molecule has 1 aliphatic rings. The number of nitrogens with one attached hydrogen (secondary N) is 1. The van der Waals surface area contributed by atoms with Gasteiger partial charge in [0, 0.05) is 0 Å². The van der Waals surface area contributed by atoms with Crippen LogP contribution < -0.4 is 5.32 Å². The molecule has 18 heavy (non-hydrogen) atoms. The summed E-state index contributed by atoms with van der Waals surface area (Å²) in [6.45, 7) is -0.625. The summed E-state index contributed by atoms with van der Waals surface area (Å²) in [5.74, 6) is -2.50. The van der Waals surface area contributed by atoms with E-state index in [4.69, 9.17) is 9.84 Å². The molecule has 10 heteroatoms. The zero-order chi connectivity index (χ0) is 13.3. The topological polar surface area (TPSA) is 150 Å². The Labute approximate surface area is 100 Å². The van der Waals surface area contributed by atoms with Crippen molar-refractivity contribution in [1.82, 2.24) is 20.1 Å². The number of carbonyl (C=O) groups excluding carboxylic acids is 1. The summed E-state index contributed by atoms with van der Waals surface area (Å²) in [7, 11) is 0. The lowest BCUT2D eigenvalue weighted by Crippen LogP contribution is -2.57. The Morgan fingerprint density at radius 1 is 1.56 bits per heavy atom. The molecule has 0 saturated carbocycles. The van der Waals surface area contributed by atoms with Gasteiger partial charge in [0.2, 0.25) is 0 Å². The summed E-state index contributed by atoms with van der Waals surface area (Å²) >= 11 is 0. The maximum absolute atomic E-state index is 11.6. The van der Waals surface area contributed by atoms with E-state index < -0.39 is 36.9 Å². The number of ether oxygens (including phenoxy) is 1. The molecule has 2 heterocycles. The molecule has 0 spiro atoms. The van der Waals surface area contributed by atoms with Gasteiger partial charge in [-0.15, -0.1) is 0 Å². The molecule has 5 N–H and O–H groups in total. The molecular formula is C8H12N4O6. The van der Waals surface area contributed by atoms with Crippen LogP contribution in [0.1, 0.15) is 0 Å². The van der Waals surface area contributed by atoms with Crippen LogP contribution in [0.25, 0.3) is 0 Å². The van der Waals surface area contributed by atoms with Gasteiger partial charge in [0.05, 0.1) is 6.61 Å². The van der Waals surface area contributed by atoms with Gasteiger partial charge in [-0.05, 0) is 0 Å². The molecule has 100 valence electrons. The van der Waals surface area contributed by atoms with E-state index in [2.05, 4.69) is 10.1 Å². The van der Waals surface area contributed by atoms with Crippen LogP contribution >= 0.6 is 0 Å². The summed E-state index contributed by atoms with van der Waals surface area (Å²) in [5.41, 5.74) is 0. The molecule has 0 bridgehead atoms. The molecule has 10 nitrogen and oxygen atoms in total. The number of aliphatic hydroxyl groups excluding tert-OH is 3. The minimum Gasteiger partial charge on any atom is -0.394 e. The highest BCUT2D eigenvalue weighted by atomic mass is 16.7. The lowest BCUT2D eigenvalue weighted by atomic mass is 10.1. The van der Waals surface area contributed by atoms with Crippen molar-refractivity contribution in [3.8, 4) is 0 Å². The molecule has 0 radical (unpaired) electrons. The number of aliphatic hydroxyl groups is 4. The van der Waals surface area contributed by atoms with E-state index in [1.807, 2.05) is 5.32 Å². The molecule has 0 aromatic carbocycles. The summed E-state index contributed by atoms with van der Waals surface area (Å²) in [6, 6.07) is -0.917. The number of carbonyl (C=O) groups is 1. The average Bonchev–Trinajstić information content (AvgIpc) is 2.93. The van der Waals surface area contributed by atoms with Crippen molar-refractivity contribution >= 4 is 6.03 Å². The van der Waals surface area contributed by atoms with Gasteiger partial charge in [-0.3, -0.25) is 5.32 Å². The molecule has 1 aromatic heterocycles. The van der Waals surface area contributed by atoms with Crippen LogP contribution in [-0.4, -0.2) is 72.1 Å². The van der Waals surface area contributed by atoms with Crippen molar-refractivity contribution in [1.29, 1.82) is 0 Å². The minimum atomic E-state index is -2.50. The summed E-state index contributed by atoms with van der Waals surface area (Å²) in [6.07, 6.45) is -2.37. The van der Waals surface area contributed by atoms with Gasteiger partial charge >= 0.3 is 6.03 Å². The lowest BCUT2D eigenvalue weighted by Gasteiger charge is -2.26. The smallest absolute Gasteiger partial charge is 0.347 e. The maximum Gasteiger partial charge on any atom is 0.347 e. The van der Waals surface area contributed by atoms with Gasteiger partial charge in [-0.2, -0.15) is 9.78 Å². The molecule has 0 unspecified atom stereocenters. The molecule has 0 aliphatic carbocycles. The Morgan fingerprint density at radius 2 is 2.28 bits per heavy atom.